The van der Waals surface area contributed by atoms with Gasteiger partial charge in [0, 0.05) is 38.6 Å². The van der Waals surface area contributed by atoms with Crippen LogP contribution in [0.1, 0.15) is 25.5 Å². The van der Waals surface area contributed by atoms with Gasteiger partial charge in [-0.1, -0.05) is 12.1 Å². The number of halogens is 2. The second-order valence-corrected chi connectivity index (χ2v) is 7.83. The Morgan fingerprint density at radius 2 is 2.00 bits per heavy atom. The van der Waals surface area contributed by atoms with Crippen LogP contribution in [0.5, 0.6) is 0 Å². The maximum Gasteiger partial charge on any atom is 0.249 e. The number of methoxy groups -OCH3 is 1. The number of nitrogens with zero attached hydrogens (tertiary/aromatic N) is 2. The molecule has 150 valence electrons. The molecule has 1 aromatic rings. The van der Waals surface area contributed by atoms with Gasteiger partial charge in [-0.15, -0.1) is 12.4 Å². The van der Waals surface area contributed by atoms with E-state index in [0.717, 1.165) is 5.56 Å². The van der Waals surface area contributed by atoms with Crippen molar-refractivity contribution in [1.82, 2.24) is 9.80 Å². The van der Waals surface area contributed by atoms with Gasteiger partial charge in [-0.3, -0.25) is 9.59 Å². The Bertz CT molecular complexity index is 710. The number of fused-ring (bicyclic) bond motifs is 1. The molecule has 3 rings (SSSR count). The first-order chi connectivity index (χ1) is 12.2. The first kappa shape index (κ1) is 21.6. The minimum atomic E-state index is -0.932. The number of carbonyl (C=O) groups is 2. The third-order valence-corrected chi connectivity index (χ3v) is 5.28. The van der Waals surface area contributed by atoms with Crippen molar-refractivity contribution in [3.8, 4) is 0 Å². The fourth-order valence-electron chi connectivity index (χ4n) is 4.20. The van der Waals surface area contributed by atoms with E-state index in [0.29, 0.717) is 19.6 Å². The molecule has 2 saturated heterocycles. The number of nitrogens with two attached hydrogens (primary N) is 1. The lowest BCUT2D eigenvalue weighted by molar-refractivity contribution is -0.137. The molecule has 2 N–H and O–H groups in total. The van der Waals surface area contributed by atoms with Crippen LogP contribution in [0.15, 0.2) is 24.3 Å². The highest BCUT2D eigenvalue weighted by molar-refractivity contribution is 5.86. The number of carbonyl (C=O) groups excluding carboxylic acids is 2. The molecule has 6 nitrogen and oxygen atoms in total. The average molecular weight is 400 g/mol. The van der Waals surface area contributed by atoms with Gasteiger partial charge in [0.05, 0.1) is 11.6 Å². The molecule has 0 aliphatic carbocycles. The molecule has 0 spiro atoms. The first-order valence-electron chi connectivity index (χ1n) is 8.84. The van der Waals surface area contributed by atoms with Crippen LogP contribution in [0.25, 0.3) is 0 Å². The lowest BCUT2D eigenvalue weighted by atomic mass is 9.89. The summed E-state index contributed by atoms with van der Waals surface area (Å²) in [6.45, 7) is 4.99. The number of benzene rings is 1. The molecule has 8 heteroatoms. The standard InChI is InChI=1S/C19H26FN3O3.ClH/c1-19(2,21)18(25)22-8-13-9-23(16(24)11-26-3)17(15(13)10-22)12-5-4-6-14(20)7-12;/h4-7,13,15,17H,8-11,21H2,1-3H3;1H/t13-,15-,17+;/m1./s1. The van der Waals surface area contributed by atoms with Gasteiger partial charge in [-0.05, 0) is 31.5 Å². The van der Waals surface area contributed by atoms with Crippen molar-refractivity contribution in [2.75, 3.05) is 33.4 Å². The van der Waals surface area contributed by atoms with Gasteiger partial charge >= 0.3 is 0 Å². The molecule has 0 saturated carbocycles. The number of hydrogen-bond donors (Lipinski definition) is 1. The molecule has 2 amide bonds. The van der Waals surface area contributed by atoms with Gasteiger partial charge in [-0.2, -0.15) is 0 Å². The highest BCUT2D eigenvalue weighted by atomic mass is 35.5. The van der Waals surface area contributed by atoms with Crippen LogP contribution in [0.2, 0.25) is 0 Å². The van der Waals surface area contributed by atoms with Crippen molar-refractivity contribution in [2.24, 2.45) is 17.6 Å². The lowest BCUT2D eigenvalue weighted by Crippen LogP contribution is -2.51. The minimum Gasteiger partial charge on any atom is -0.375 e. The monoisotopic (exact) mass is 399 g/mol. The molecule has 2 aliphatic heterocycles. The normalized spacial score (nSPS) is 24.6. The van der Waals surface area contributed by atoms with Gasteiger partial charge in [0.2, 0.25) is 11.8 Å². The van der Waals surface area contributed by atoms with Crippen LogP contribution >= 0.6 is 12.4 Å². The molecular weight excluding hydrogens is 373 g/mol. The van der Waals surface area contributed by atoms with Crippen molar-refractivity contribution in [2.45, 2.75) is 25.4 Å². The van der Waals surface area contributed by atoms with Crippen molar-refractivity contribution in [3.63, 3.8) is 0 Å². The third-order valence-electron chi connectivity index (χ3n) is 5.28. The topological polar surface area (TPSA) is 75.9 Å². The zero-order chi connectivity index (χ0) is 19.1. The molecule has 2 fully saturated rings. The summed E-state index contributed by atoms with van der Waals surface area (Å²) < 4.78 is 18.8. The van der Waals surface area contributed by atoms with Gasteiger partial charge in [0.1, 0.15) is 12.4 Å². The SMILES string of the molecule is COCC(=O)N1C[C@H]2CN(C(=O)C(C)(C)N)C[C@H]2[C@@H]1c1cccc(F)c1.Cl. The van der Waals surface area contributed by atoms with Crippen LogP contribution in [-0.2, 0) is 14.3 Å². The molecule has 0 unspecified atom stereocenters. The van der Waals surface area contributed by atoms with Gasteiger partial charge in [-0.25, -0.2) is 4.39 Å². The summed E-state index contributed by atoms with van der Waals surface area (Å²) in [5.41, 5.74) is 5.79. The van der Waals surface area contributed by atoms with Crippen molar-refractivity contribution >= 4 is 24.2 Å². The summed E-state index contributed by atoms with van der Waals surface area (Å²) in [5.74, 6) is -0.341. The lowest BCUT2D eigenvalue weighted by Gasteiger charge is -2.31. The fraction of sp³-hybridized carbons (Fsp3) is 0.579. The number of rotatable bonds is 4. The Morgan fingerprint density at radius 1 is 1.30 bits per heavy atom. The Kier molecular flexibility index (Phi) is 6.50. The van der Waals surface area contributed by atoms with E-state index in [1.54, 1.807) is 29.7 Å². The highest BCUT2D eigenvalue weighted by Gasteiger charge is 2.50. The summed E-state index contributed by atoms with van der Waals surface area (Å²) in [6, 6.07) is 6.08. The van der Waals surface area contributed by atoms with E-state index in [1.165, 1.54) is 19.2 Å². The molecule has 2 heterocycles. The van der Waals surface area contributed by atoms with Gasteiger partial charge in [0.15, 0.2) is 0 Å². The second-order valence-electron chi connectivity index (χ2n) is 7.83. The summed E-state index contributed by atoms with van der Waals surface area (Å²) in [4.78, 5) is 28.6. The number of ether oxygens (including phenoxy) is 1. The van der Waals surface area contributed by atoms with Crippen LogP contribution in [0, 0.1) is 17.7 Å². The smallest absolute Gasteiger partial charge is 0.249 e. The van der Waals surface area contributed by atoms with Gasteiger partial charge in [0.25, 0.3) is 0 Å². The van der Waals surface area contributed by atoms with E-state index in [2.05, 4.69) is 0 Å². The summed E-state index contributed by atoms with van der Waals surface area (Å²) in [5, 5.41) is 0. The zero-order valence-electron chi connectivity index (χ0n) is 15.9. The van der Waals surface area contributed by atoms with E-state index in [9.17, 15) is 14.0 Å². The number of amides is 2. The van der Waals surface area contributed by atoms with Gasteiger partial charge < -0.3 is 20.3 Å². The van der Waals surface area contributed by atoms with E-state index < -0.39 is 5.54 Å². The Hall–Kier alpha value is -1.70. The summed E-state index contributed by atoms with van der Waals surface area (Å²) >= 11 is 0. The first-order valence-corrected chi connectivity index (χ1v) is 8.84. The van der Waals surface area contributed by atoms with Crippen molar-refractivity contribution in [1.29, 1.82) is 0 Å². The van der Waals surface area contributed by atoms with E-state index >= 15 is 0 Å². The Morgan fingerprint density at radius 3 is 2.59 bits per heavy atom. The molecule has 1 aromatic carbocycles. The fourth-order valence-corrected chi connectivity index (χ4v) is 4.20. The van der Waals surface area contributed by atoms with Crippen LogP contribution < -0.4 is 5.73 Å². The Labute approximate surface area is 165 Å². The van der Waals surface area contributed by atoms with E-state index in [4.69, 9.17) is 10.5 Å². The van der Waals surface area contributed by atoms with Crippen LogP contribution in [-0.4, -0.2) is 60.5 Å². The number of likely N-dealkylation sites (tertiary alicyclic amines) is 2. The molecule has 3 atom stereocenters. The minimum absolute atomic E-state index is 0. The van der Waals surface area contributed by atoms with E-state index in [-0.39, 0.29) is 54.5 Å². The molecule has 0 aromatic heterocycles. The highest BCUT2D eigenvalue weighted by Crippen LogP contribution is 2.45. The maximum absolute atomic E-state index is 13.8. The van der Waals surface area contributed by atoms with Crippen LogP contribution in [0.4, 0.5) is 4.39 Å². The zero-order valence-corrected chi connectivity index (χ0v) is 16.7. The third kappa shape index (κ3) is 4.25. The molecular formula is C19H27ClFN3O3. The summed E-state index contributed by atoms with van der Waals surface area (Å²) in [7, 11) is 1.48. The molecule has 27 heavy (non-hydrogen) atoms. The van der Waals surface area contributed by atoms with Crippen LogP contribution in [0.3, 0.4) is 0 Å². The average Bonchev–Trinajstić information content (AvgIpc) is 3.10. The second kappa shape index (κ2) is 8.12. The predicted molar refractivity (Wildman–Crippen MR) is 102 cm³/mol. The van der Waals surface area contributed by atoms with Crippen molar-refractivity contribution < 1.29 is 18.7 Å². The summed E-state index contributed by atoms with van der Waals surface area (Å²) in [6.07, 6.45) is 0. The van der Waals surface area contributed by atoms with E-state index in [1.807, 2.05) is 6.07 Å². The quantitative estimate of drug-likeness (QED) is 0.834. The predicted octanol–water partition coefficient (Wildman–Crippen LogP) is 1.59. The maximum atomic E-state index is 13.8. The Balaban J connectivity index is 0.00000261. The molecule has 0 radical (unpaired) electrons. The van der Waals surface area contributed by atoms with Crippen molar-refractivity contribution in [3.05, 3.63) is 35.6 Å². The number of hydrogen-bond acceptors (Lipinski definition) is 4. The largest absolute Gasteiger partial charge is 0.375 e. The molecule has 0 bridgehead atoms. The molecule has 2 aliphatic rings.